The van der Waals surface area contributed by atoms with Crippen LogP contribution in [-0.2, 0) is 9.59 Å². The van der Waals surface area contributed by atoms with E-state index in [2.05, 4.69) is 16.0 Å². The molecule has 0 rings (SSSR count). The highest BCUT2D eigenvalue weighted by Crippen LogP contribution is 1.89. The smallest absolute Gasteiger partial charge is 0.233 e. The van der Waals surface area contributed by atoms with Gasteiger partial charge in [-0.2, -0.15) is 0 Å². The Morgan fingerprint density at radius 3 is 2.33 bits per heavy atom. The van der Waals surface area contributed by atoms with Gasteiger partial charge < -0.3 is 16.0 Å². The first kappa shape index (κ1) is 16.9. The van der Waals surface area contributed by atoms with Gasteiger partial charge in [-0.25, -0.2) is 0 Å². The van der Waals surface area contributed by atoms with Crippen molar-refractivity contribution in [2.45, 2.75) is 46.6 Å². The van der Waals surface area contributed by atoms with Gasteiger partial charge in [0.1, 0.15) is 0 Å². The maximum atomic E-state index is 11.4. The zero-order chi connectivity index (χ0) is 14.0. The molecule has 0 fully saturated rings. The first-order valence-electron chi connectivity index (χ1n) is 6.72. The lowest BCUT2D eigenvalue weighted by molar-refractivity contribution is -0.122. The van der Waals surface area contributed by atoms with E-state index >= 15 is 0 Å². The largest absolute Gasteiger partial charge is 0.355 e. The molecular formula is C13H27N3O2. The zero-order valence-electron chi connectivity index (χ0n) is 12.0. The molecule has 1 unspecified atom stereocenters. The second-order valence-electron chi connectivity index (χ2n) is 5.00. The molecule has 0 aliphatic carbocycles. The highest BCUT2D eigenvalue weighted by Gasteiger charge is 2.05. The Kier molecular flexibility index (Phi) is 9.28. The van der Waals surface area contributed by atoms with Crippen molar-refractivity contribution >= 4 is 11.8 Å². The van der Waals surface area contributed by atoms with Gasteiger partial charge in [0.05, 0.1) is 6.54 Å². The fourth-order valence-corrected chi connectivity index (χ4v) is 1.23. The Morgan fingerprint density at radius 2 is 1.78 bits per heavy atom. The van der Waals surface area contributed by atoms with Crippen LogP contribution in [0.25, 0.3) is 0 Å². The van der Waals surface area contributed by atoms with Gasteiger partial charge in [0.15, 0.2) is 0 Å². The van der Waals surface area contributed by atoms with Crippen molar-refractivity contribution in [3.05, 3.63) is 0 Å². The fourth-order valence-electron chi connectivity index (χ4n) is 1.23. The molecule has 0 aromatic heterocycles. The van der Waals surface area contributed by atoms with Gasteiger partial charge in [-0.15, -0.1) is 0 Å². The van der Waals surface area contributed by atoms with E-state index in [0.717, 1.165) is 6.42 Å². The van der Waals surface area contributed by atoms with Crippen LogP contribution in [0.5, 0.6) is 0 Å². The van der Waals surface area contributed by atoms with E-state index < -0.39 is 0 Å². The topological polar surface area (TPSA) is 70.2 Å². The van der Waals surface area contributed by atoms with E-state index in [4.69, 9.17) is 0 Å². The summed E-state index contributed by atoms with van der Waals surface area (Å²) < 4.78 is 0. The van der Waals surface area contributed by atoms with Crippen molar-refractivity contribution in [2.24, 2.45) is 5.92 Å². The van der Waals surface area contributed by atoms with Gasteiger partial charge >= 0.3 is 0 Å². The molecule has 0 aromatic rings. The monoisotopic (exact) mass is 257 g/mol. The third kappa shape index (κ3) is 10.1. The van der Waals surface area contributed by atoms with Crippen LogP contribution in [0.1, 0.15) is 40.5 Å². The van der Waals surface area contributed by atoms with Crippen LogP contribution in [0.2, 0.25) is 0 Å². The van der Waals surface area contributed by atoms with E-state index in [1.54, 1.807) is 0 Å². The van der Waals surface area contributed by atoms with Gasteiger partial charge in [0, 0.05) is 25.6 Å². The molecule has 0 bridgehead atoms. The van der Waals surface area contributed by atoms with Crippen molar-refractivity contribution < 1.29 is 9.59 Å². The minimum Gasteiger partial charge on any atom is -0.355 e. The quantitative estimate of drug-likeness (QED) is 0.531. The van der Waals surface area contributed by atoms with Crippen LogP contribution < -0.4 is 16.0 Å². The third-order valence-electron chi connectivity index (χ3n) is 2.54. The van der Waals surface area contributed by atoms with Gasteiger partial charge in [-0.05, 0) is 19.3 Å². The van der Waals surface area contributed by atoms with Gasteiger partial charge in [-0.1, -0.05) is 20.8 Å². The van der Waals surface area contributed by atoms with E-state index in [1.165, 1.54) is 0 Å². The standard InChI is InChI=1S/C13H27N3O2/c1-5-11(4)16-12(17)6-7-14-9-13(18)15-8-10(2)3/h10-11,14H,5-9H2,1-4H3,(H,15,18)(H,16,17). The van der Waals surface area contributed by atoms with Crippen LogP contribution in [0, 0.1) is 5.92 Å². The van der Waals surface area contributed by atoms with Crippen LogP contribution >= 0.6 is 0 Å². The third-order valence-corrected chi connectivity index (χ3v) is 2.54. The molecule has 0 heterocycles. The Labute approximate surface area is 110 Å². The fraction of sp³-hybridized carbons (Fsp3) is 0.846. The van der Waals surface area contributed by atoms with Crippen LogP contribution in [0.15, 0.2) is 0 Å². The minimum atomic E-state index is -0.0222. The van der Waals surface area contributed by atoms with E-state index in [0.29, 0.717) is 25.4 Å². The molecule has 5 nitrogen and oxygen atoms in total. The summed E-state index contributed by atoms with van der Waals surface area (Å²) in [5.74, 6) is 0.459. The van der Waals surface area contributed by atoms with Gasteiger partial charge in [-0.3, -0.25) is 9.59 Å². The summed E-state index contributed by atoms with van der Waals surface area (Å²) in [5, 5.41) is 8.65. The maximum absolute atomic E-state index is 11.4. The SMILES string of the molecule is CCC(C)NC(=O)CCNCC(=O)NCC(C)C. The van der Waals surface area contributed by atoms with Crippen molar-refractivity contribution in [3.63, 3.8) is 0 Å². The number of amides is 2. The van der Waals surface area contributed by atoms with E-state index in [1.807, 2.05) is 27.7 Å². The molecule has 106 valence electrons. The van der Waals surface area contributed by atoms with E-state index in [9.17, 15) is 9.59 Å². The molecule has 0 saturated carbocycles. The molecule has 3 N–H and O–H groups in total. The molecule has 0 spiro atoms. The Bertz CT molecular complexity index is 255. The Balaban J connectivity index is 3.49. The number of nitrogens with one attached hydrogen (secondary N) is 3. The normalized spacial score (nSPS) is 12.3. The van der Waals surface area contributed by atoms with E-state index in [-0.39, 0.29) is 24.4 Å². The lowest BCUT2D eigenvalue weighted by Crippen LogP contribution is -2.38. The maximum Gasteiger partial charge on any atom is 0.233 e. The molecular weight excluding hydrogens is 230 g/mol. The summed E-state index contributed by atoms with van der Waals surface area (Å²) in [6.45, 7) is 9.59. The van der Waals surface area contributed by atoms with Crippen molar-refractivity contribution in [2.75, 3.05) is 19.6 Å². The second kappa shape index (κ2) is 9.88. The van der Waals surface area contributed by atoms with Gasteiger partial charge in [0.2, 0.25) is 11.8 Å². The molecule has 0 radical (unpaired) electrons. The molecule has 1 atom stereocenters. The number of hydrogen-bond donors (Lipinski definition) is 3. The number of rotatable bonds is 9. The summed E-state index contributed by atoms with van der Waals surface area (Å²) in [5.41, 5.74) is 0. The predicted octanol–water partition coefficient (Wildman–Crippen LogP) is 0.653. The first-order valence-corrected chi connectivity index (χ1v) is 6.72. The summed E-state index contributed by atoms with van der Waals surface area (Å²) in [4.78, 5) is 22.8. The summed E-state index contributed by atoms with van der Waals surface area (Å²) in [6.07, 6.45) is 1.33. The highest BCUT2D eigenvalue weighted by molar-refractivity contribution is 5.78. The molecule has 5 heteroatoms. The Hall–Kier alpha value is -1.10. The molecule has 0 saturated heterocycles. The molecule has 0 aliphatic heterocycles. The molecule has 0 aromatic carbocycles. The van der Waals surface area contributed by atoms with Crippen LogP contribution in [0.4, 0.5) is 0 Å². The average Bonchev–Trinajstić information content (AvgIpc) is 2.31. The summed E-state index contributed by atoms with van der Waals surface area (Å²) >= 11 is 0. The number of carbonyl (C=O) groups is 2. The van der Waals surface area contributed by atoms with Crippen molar-refractivity contribution in [1.82, 2.24) is 16.0 Å². The summed E-state index contributed by atoms with van der Waals surface area (Å²) in [6, 6.07) is 0.215. The first-order chi connectivity index (χ1) is 8.45. The number of carbonyl (C=O) groups excluding carboxylic acids is 2. The van der Waals surface area contributed by atoms with Crippen LogP contribution in [0.3, 0.4) is 0 Å². The lowest BCUT2D eigenvalue weighted by atomic mass is 10.2. The predicted molar refractivity (Wildman–Crippen MR) is 73.2 cm³/mol. The minimum absolute atomic E-state index is 0.0222. The van der Waals surface area contributed by atoms with Crippen LogP contribution in [-0.4, -0.2) is 37.5 Å². The average molecular weight is 257 g/mol. The van der Waals surface area contributed by atoms with Crippen molar-refractivity contribution in [3.8, 4) is 0 Å². The Morgan fingerprint density at radius 1 is 1.11 bits per heavy atom. The molecule has 2 amide bonds. The summed E-state index contributed by atoms with van der Waals surface area (Å²) in [7, 11) is 0. The zero-order valence-corrected chi connectivity index (χ0v) is 12.0. The van der Waals surface area contributed by atoms with Crippen molar-refractivity contribution in [1.29, 1.82) is 0 Å². The molecule has 0 aliphatic rings. The highest BCUT2D eigenvalue weighted by atomic mass is 16.2. The lowest BCUT2D eigenvalue weighted by Gasteiger charge is -2.11. The second-order valence-corrected chi connectivity index (χ2v) is 5.00. The molecule has 18 heavy (non-hydrogen) atoms. The number of hydrogen-bond acceptors (Lipinski definition) is 3. The van der Waals surface area contributed by atoms with Gasteiger partial charge in [0.25, 0.3) is 0 Å².